The number of hydrogen-bond acceptors (Lipinski definition) is 5. The number of nitro groups is 1. The molecule has 0 radical (unpaired) electrons. The monoisotopic (exact) mass is 277 g/mol. The molecule has 1 unspecified atom stereocenters. The Labute approximate surface area is 115 Å². The molecule has 0 aliphatic rings. The van der Waals surface area contributed by atoms with Gasteiger partial charge in [-0.25, -0.2) is 4.98 Å². The van der Waals surface area contributed by atoms with E-state index in [4.69, 9.17) is 0 Å². The molecule has 100 valence electrons. The first-order chi connectivity index (χ1) is 9.10. The molecule has 0 saturated carbocycles. The van der Waals surface area contributed by atoms with Crippen molar-refractivity contribution in [3.05, 3.63) is 50.5 Å². The molecule has 2 aromatic rings. The predicted molar refractivity (Wildman–Crippen MR) is 76.6 cm³/mol. The molecule has 0 saturated heterocycles. The number of aromatic nitrogens is 1. The standard InChI is InChI=1S/C13H15N3O2S/c1-3-12(13-14-4-5-19-13)15-10-6-9(2)7-11(8-10)16(17)18/h4-8,12,15H,3H2,1-2H3. The maximum atomic E-state index is 10.9. The van der Waals surface area contributed by atoms with Crippen molar-refractivity contribution in [3.8, 4) is 0 Å². The molecule has 1 aromatic heterocycles. The summed E-state index contributed by atoms with van der Waals surface area (Å²) in [5, 5.41) is 17.1. The molecule has 1 atom stereocenters. The van der Waals surface area contributed by atoms with Crippen LogP contribution in [0, 0.1) is 17.0 Å². The molecule has 19 heavy (non-hydrogen) atoms. The fraction of sp³-hybridized carbons (Fsp3) is 0.308. The number of nitro benzene ring substituents is 1. The third kappa shape index (κ3) is 3.29. The minimum absolute atomic E-state index is 0.0846. The van der Waals surface area contributed by atoms with E-state index in [1.165, 1.54) is 0 Å². The number of benzene rings is 1. The van der Waals surface area contributed by atoms with Gasteiger partial charge >= 0.3 is 0 Å². The third-order valence-electron chi connectivity index (χ3n) is 2.77. The number of non-ortho nitro benzene ring substituents is 1. The van der Waals surface area contributed by atoms with E-state index in [1.807, 2.05) is 18.4 Å². The van der Waals surface area contributed by atoms with Crippen LogP contribution in [-0.4, -0.2) is 9.91 Å². The summed E-state index contributed by atoms with van der Waals surface area (Å²) in [6.07, 6.45) is 2.64. The topological polar surface area (TPSA) is 68.1 Å². The first kappa shape index (κ1) is 13.5. The fourth-order valence-corrected chi connectivity index (χ4v) is 2.67. The zero-order chi connectivity index (χ0) is 13.8. The maximum absolute atomic E-state index is 10.9. The molecular formula is C13H15N3O2S. The Morgan fingerprint density at radius 2 is 2.26 bits per heavy atom. The van der Waals surface area contributed by atoms with Crippen molar-refractivity contribution in [2.24, 2.45) is 0 Å². The second kappa shape index (κ2) is 5.79. The molecule has 0 fully saturated rings. The summed E-state index contributed by atoms with van der Waals surface area (Å²) in [7, 11) is 0. The normalized spacial score (nSPS) is 12.1. The van der Waals surface area contributed by atoms with Crippen LogP contribution in [0.1, 0.15) is 30.0 Å². The van der Waals surface area contributed by atoms with Gasteiger partial charge in [-0.05, 0) is 25.0 Å². The molecule has 1 heterocycles. The van der Waals surface area contributed by atoms with Crippen LogP contribution in [0.4, 0.5) is 11.4 Å². The van der Waals surface area contributed by atoms with Gasteiger partial charge in [0, 0.05) is 29.4 Å². The quantitative estimate of drug-likeness (QED) is 0.664. The first-order valence-corrected chi connectivity index (χ1v) is 6.90. The van der Waals surface area contributed by atoms with Crippen molar-refractivity contribution in [3.63, 3.8) is 0 Å². The van der Waals surface area contributed by atoms with E-state index in [2.05, 4.69) is 17.2 Å². The zero-order valence-corrected chi connectivity index (χ0v) is 11.6. The molecule has 0 aliphatic carbocycles. The number of nitrogens with zero attached hydrogens (tertiary/aromatic N) is 2. The lowest BCUT2D eigenvalue weighted by atomic mass is 10.1. The van der Waals surface area contributed by atoms with Crippen LogP contribution in [0.5, 0.6) is 0 Å². The molecule has 0 amide bonds. The number of anilines is 1. The van der Waals surface area contributed by atoms with Crippen molar-refractivity contribution in [1.82, 2.24) is 4.98 Å². The molecule has 5 nitrogen and oxygen atoms in total. The van der Waals surface area contributed by atoms with Gasteiger partial charge in [0.15, 0.2) is 0 Å². The average molecular weight is 277 g/mol. The summed E-state index contributed by atoms with van der Waals surface area (Å²) in [5.74, 6) is 0. The number of nitrogens with one attached hydrogen (secondary N) is 1. The Bertz CT molecular complexity index is 569. The summed E-state index contributed by atoms with van der Waals surface area (Å²) in [6, 6.07) is 5.11. The molecule has 2 rings (SSSR count). The highest BCUT2D eigenvalue weighted by molar-refractivity contribution is 7.09. The van der Waals surface area contributed by atoms with Crippen molar-refractivity contribution in [1.29, 1.82) is 0 Å². The van der Waals surface area contributed by atoms with Crippen LogP contribution in [-0.2, 0) is 0 Å². The van der Waals surface area contributed by atoms with E-state index >= 15 is 0 Å². The average Bonchev–Trinajstić information content (AvgIpc) is 2.89. The molecule has 0 aliphatic heterocycles. The summed E-state index contributed by atoms with van der Waals surface area (Å²) in [5.41, 5.74) is 1.73. The highest BCUT2D eigenvalue weighted by atomic mass is 32.1. The fourth-order valence-electron chi connectivity index (χ4n) is 1.90. The Morgan fingerprint density at radius 3 is 2.84 bits per heavy atom. The Hall–Kier alpha value is -1.95. The lowest BCUT2D eigenvalue weighted by Crippen LogP contribution is -2.09. The van der Waals surface area contributed by atoms with E-state index in [-0.39, 0.29) is 16.7 Å². The molecule has 1 N–H and O–H groups in total. The Morgan fingerprint density at radius 1 is 1.47 bits per heavy atom. The minimum Gasteiger partial charge on any atom is -0.376 e. The SMILES string of the molecule is CCC(Nc1cc(C)cc([N+](=O)[O-])c1)c1nccs1. The summed E-state index contributed by atoms with van der Waals surface area (Å²) >= 11 is 1.58. The highest BCUT2D eigenvalue weighted by Crippen LogP contribution is 2.27. The number of aryl methyl sites for hydroxylation is 1. The lowest BCUT2D eigenvalue weighted by Gasteiger charge is -2.16. The van der Waals surface area contributed by atoms with Gasteiger partial charge in [0.2, 0.25) is 0 Å². The van der Waals surface area contributed by atoms with Crippen molar-refractivity contribution in [2.75, 3.05) is 5.32 Å². The summed E-state index contributed by atoms with van der Waals surface area (Å²) in [4.78, 5) is 14.8. The van der Waals surface area contributed by atoms with Gasteiger partial charge in [0.05, 0.1) is 11.0 Å². The van der Waals surface area contributed by atoms with E-state index in [0.717, 1.165) is 22.7 Å². The van der Waals surface area contributed by atoms with Gasteiger partial charge in [-0.3, -0.25) is 10.1 Å². The summed E-state index contributed by atoms with van der Waals surface area (Å²) in [6.45, 7) is 3.91. The maximum Gasteiger partial charge on any atom is 0.271 e. The van der Waals surface area contributed by atoms with Crippen LogP contribution in [0.25, 0.3) is 0 Å². The van der Waals surface area contributed by atoms with Gasteiger partial charge < -0.3 is 5.32 Å². The van der Waals surface area contributed by atoms with Crippen LogP contribution in [0.2, 0.25) is 0 Å². The third-order valence-corrected chi connectivity index (χ3v) is 3.66. The number of hydrogen-bond donors (Lipinski definition) is 1. The smallest absolute Gasteiger partial charge is 0.271 e. The molecule has 6 heteroatoms. The van der Waals surface area contributed by atoms with Gasteiger partial charge in [0.1, 0.15) is 5.01 Å². The van der Waals surface area contributed by atoms with E-state index < -0.39 is 0 Å². The molecule has 0 spiro atoms. The van der Waals surface area contributed by atoms with Gasteiger partial charge in [0.25, 0.3) is 5.69 Å². The zero-order valence-electron chi connectivity index (χ0n) is 10.8. The molecule has 0 bridgehead atoms. The molecular weight excluding hydrogens is 262 g/mol. The van der Waals surface area contributed by atoms with Crippen LogP contribution >= 0.6 is 11.3 Å². The van der Waals surface area contributed by atoms with Gasteiger partial charge in [-0.1, -0.05) is 6.92 Å². The molecule has 1 aromatic carbocycles. The number of rotatable bonds is 5. The van der Waals surface area contributed by atoms with Crippen molar-refractivity contribution >= 4 is 22.7 Å². The van der Waals surface area contributed by atoms with Gasteiger partial charge in [-0.2, -0.15) is 0 Å². The Balaban J connectivity index is 2.24. The summed E-state index contributed by atoms with van der Waals surface area (Å²) < 4.78 is 0. The van der Waals surface area contributed by atoms with E-state index in [0.29, 0.717) is 0 Å². The highest BCUT2D eigenvalue weighted by Gasteiger charge is 2.14. The minimum atomic E-state index is -0.372. The first-order valence-electron chi connectivity index (χ1n) is 6.02. The second-order valence-electron chi connectivity index (χ2n) is 4.29. The lowest BCUT2D eigenvalue weighted by molar-refractivity contribution is -0.384. The largest absolute Gasteiger partial charge is 0.376 e. The predicted octanol–water partition coefficient (Wildman–Crippen LogP) is 3.92. The van der Waals surface area contributed by atoms with Crippen LogP contribution < -0.4 is 5.32 Å². The Kier molecular flexibility index (Phi) is 4.11. The van der Waals surface area contributed by atoms with E-state index in [1.54, 1.807) is 29.7 Å². The van der Waals surface area contributed by atoms with Crippen LogP contribution in [0.3, 0.4) is 0 Å². The second-order valence-corrected chi connectivity index (χ2v) is 5.22. The van der Waals surface area contributed by atoms with E-state index in [9.17, 15) is 10.1 Å². The van der Waals surface area contributed by atoms with Crippen LogP contribution in [0.15, 0.2) is 29.8 Å². The number of thiazole rings is 1. The van der Waals surface area contributed by atoms with Crippen molar-refractivity contribution in [2.45, 2.75) is 26.3 Å². The van der Waals surface area contributed by atoms with Crippen molar-refractivity contribution < 1.29 is 4.92 Å². The van der Waals surface area contributed by atoms with Gasteiger partial charge in [-0.15, -0.1) is 11.3 Å².